The average Bonchev–Trinajstić information content (AvgIpc) is 2.65. The highest BCUT2D eigenvalue weighted by Crippen LogP contribution is 2.20. The van der Waals surface area contributed by atoms with E-state index in [1.54, 1.807) is 18.0 Å². The Balaban J connectivity index is 1.98. The van der Waals surface area contributed by atoms with E-state index in [9.17, 15) is 0 Å². The van der Waals surface area contributed by atoms with Crippen molar-refractivity contribution in [1.29, 1.82) is 0 Å². The highest BCUT2D eigenvalue weighted by molar-refractivity contribution is 5.30. The Morgan fingerprint density at radius 2 is 2.17 bits per heavy atom. The molecule has 0 aliphatic heterocycles. The lowest BCUT2D eigenvalue weighted by Crippen LogP contribution is -2.14. The van der Waals surface area contributed by atoms with Gasteiger partial charge in [0.1, 0.15) is 0 Å². The Kier molecular flexibility index (Phi) is 3.94. The number of methoxy groups -OCH3 is 1. The molecule has 0 saturated carbocycles. The lowest BCUT2D eigenvalue weighted by molar-refractivity contribution is 0.368. The fourth-order valence-electron chi connectivity index (χ4n) is 1.96. The number of pyridine rings is 1. The Hall–Kier alpha value is -1.88. The molecule has 0 saturated heterocycles. The van der Waals surface area contributed by atoms with Crippen LogP contribution >= 0.6 is 0 Å². The molecular formula is C13H18N4O. The topological polar surface area (TPSA) is 52.0 Å². The molecule has 0 unspecified atom stereocenters. The highest BCUT2D eigenvalue weighted by Gasteiger charge is 2.12. The number of rotatable bonds is 5. The van der Waals surface area contributed by atoms with Crippen LogP contribution in [0.15, 0.2) is 24.4 Å². The van der Waals surface area contributed by atoms with E-state index in [0.717, 1.165) is 35.9 Å². The summed E-state index contributed by atoms with van der Waals surface area (Å²) in [6.07, 6.45) is 1.80. The van der Waals surface area contributed by atoms with Gasteiger partial charge >= 0.3 is 0 Å². The lowest BCUT2D eigenvalue weighted by atomic mass is 10.2. The van der Waals surface area contributed by atoms with Gasteiger partial charge in [0.15, 0.2) is 0 Å². The minimum atomic E-state index is 0.722. The maximum Gasteiger partial charge on any atom is 0.216 e. The first kappa shape index (κ1) is 12.6. The highest BCUT2D eigenvalue weighted by atomic mass is 16.5. The third kappa shape index (κ3) is 2.68. The molecule has 0 radical (unpaired) electrons. The lowest BCUT2D eigenvalue weighted by Gasteiger charge is -2.06. The molecule has 0 bridgehead atoms. The fraction of sp³-hybridized carbons (Fsp3) is 0.385. The quantitative estimate of drug-likeness (QED) is 0.867. The van der Waals surface area contributed by atoms with E-state index in [-0.39, 0.29) is 0 Å². The van der Waals surface area contributed by atoms with Crippen LogP contribution in [-0.4, -0.2) is 21.9 Å². The fourth-order valence-corrected chi connectivity index (χ4v) is 1.96. The smallest absolute Gasteiger partial charge is 0.216 e. The summed E-state index contributed by atoms with van der Waals surface area (Å²) in [5.74, 6) is 0.807. The van der Waals surface area contributed by atoms with Crippen LogP contribution in [0.3, 0.4) is 0 Å². The molecule has 2 aromatic rings. The molecule has 2 aromatic heterocycles. The van der Waals surface area contributed by atoms with Crippen molar-refractivity contribution in [3.63, 3.8) is 0 Å². The second-order valence-corrected chi connectivity index (χ2v) is 4.12. The minimum absolute atomic E-state index is 0.722. The molecule has 0 aromatic carbocycles. The Labute approximate surface area is 107 Å². The number of aryl methyl sites for hydroxylation is 2. The maximum atomic E-state index is 5.34. The zero-order valence-electron chi connectivity index (χ0n) is 11.0. The molecule has 2 rings (SSSR count). The van der Waals surface area contributed by atoms with Crippen LogP contribution in [-0.2, 0) is 20.1 Å². The van der Waals surface area contributed by atoms with Gasteiger partial charge in [0.25, 0.3) is 0 Å². The van der Waals surface area contributed by atoms with E-state index in [0.29, 0.717) is 0 Å². The molecule has 1 N–H and O–H groups in total. The molecule has 0 atom stereocenters. The average molecular weight is 246 g/mol. The van der Waals surface area contributed by atoms with Crippen LogP contribution < -0.4 is 10.1 Å². The van der Waals surface area contributed by atoms with E-state index in [1.165, 1.54) is 0 Å². The van der Waals surface area contributed by atoms with E-state index in [1.807, 2.05) is 32.2 Å². The first-order valence-corrected chi connectivity index (χ1v) is 5.89. The predicted octanol–water partition coefficient (Wildman–Crippen LogP) is 1.42. The maximum absolute atomic E-state index is 5.34. The van der Waals surface area contributed by atoms with Crippen LogP contribution in [0, 0.1) is 6.92 Å². The van der Waals surface area contributed by atoms with Gasteiger partial charge in [-0.2, -0.15) is 5.10 Å². The number of nitrogens with zero attached hydrogens (tertiary/aromatic N) is 3. The third-order valence-electron chi connectivity index (χ3n) is 2.82. The summed E-state index contributed by atoms with van der Waals surface area (Å²) in [6.45, 7) is 3.44. The molecule has 96 valence electrons. The normalized spacial score (nSPS) is 10.6. The van der Waals surface area contributed by atoms with Gasteiger partial charge in [-0.05, 0) is 19.1 Å². The van der Waals surface area contributed by atoms with E-state index >= 15 is 0 Å². The van der Waals surface area contributed by atoms with Gasteiger partial charge in [-0.15, -0.1) is 0 Å². The number of aromatic nitrogens is 3. The number of hydrogen-bond donors (Lipinski definition) is 1. The molecule has 0 aliphatic rings. The number of ether oxygens (including phenoxy) is 1. The second kappa shape index (κ2) is 5.64. The van der Waals surface area contributed by atoms with Crippen molar-refractivity contribution in [3.8, 4) is 5.88 Å². The SMILES string of the molecule is COc1c(CNCc2ccccn2)c(C)nn1C. The van der Waals surface area contributed by atoms with E-state index < -0.39 is 0 Å². The van der Waals surface area contributed by atoms with Gasteiger partial charge in [0.2, 0.25) is 5.88 Å². The summed E-state index contributed by atoms with van der Waals surface area (Å²) in [7, 11) is 3.55. The van der Waals surface area contributed by atoms with Gasteiger partial charge in [0, 0.05) is 26.3 Å². The van der Waals surface area contributed by atoms with Crippen molar-refractivity contribution < 1.29 is 4.74 Å². The van der Waals surface area contributed by atoms with Crippen LogP contribution in [0.5, 0.6) is 5.88 Å². The molecule has 2 heterocycles. The molecule has 5 nitrogen and oxygen atoms in total. The van der Waals surface area contributed by atoms with Gasteiger partial charge < -0.3 is 10.1 Å². The van der Waals surface area contributed by atoms with Crippen molar-refractivity contribution in [1.82, 2.24) is 20.1 Å². The molecule has 0 aliphatic carbocycles. The van der Waals surface area contributed by atoms with Gasteiger partial charge in [-0.3, -0.25) is 4.98 Å². The van der Waals surface area contributed by atoms with Crippen molar-refractivity contribution in [2.24, 2.45) is 7.05 Å². The van der Waals surface area contributed by atoms with Crippen LogP contribution in [0.4, 0.5) is 0 Å². The monoisotopic (exact) mass is 246 g/mol. The first-order valence-electron chi connectivity index (χ1n) is 5.89. The summed E-state index contributed by atoms with van der Waals surface area (Å²) >= 11 is 0. The molecule has 0 fully saturated rings. The Morgan fingerprint density at radius 1 is 1.33 bits per heavy atom. The van der Waals surface area contributed by atoms with Crippen LogP contribution in [0.1, 0.15) is 17.0 Å². The summed E-state index contributed by atoms with van der Waals surface area (Å²) in [5, 5.41) is 7.69. The molecule has 18 heavy (non-hydrogen) atoms. The van der Waals surface area contributed by atoms with E-state index in [4.69, 9.17) is 4.74 Å². The largest absolute Gasteiger partial charge is 0.481 e. The predicted molar refractivity (Wildman–Crippen MR) is 69.3 cm³/mol. The number of hydrogen-bond acceptors (Lipinski definition) is 4. The molecular weight excluding hydrogens is 228 g/mol. The second-order valence-electron chi connectivity index (χ2n) is 4.12. The summed E-state index contributed by atoms with van der Waals surface area (Å²) in [6, 6.07) is 5.90. The Bertz CT molecular complexity index is 507. The van der Waals surface area contributed by atoms with E-state index in [2.05, 4.69) is 15.4 Å². The van der Waals surface area contributed by atoms with Gasteiger partial charge in [0.05, 0.1) is 24.1 Å². The summed E-state index contributed by atoms with van der Waals surface area (Å²) in [5.41, 5.74) is 3.11. The van der Waals surface area contributed by atoms with Crippen molar-refractivity contribution in [2.75, 3.05) is 7.11 Å². The zero-order valence-corrected chi connectivity index (χ0v) is 11.0. The molecule has 0 amide bonds. The summed E-state index contributed by atoms with van der Waals surface area (Å²) < 4.78 is 7.10. The van der Waals surface area contributed by atoms with Crippen molar-refractivity contribution >= 4 is 0 Å². The van der Waals surface area contributed by atoms with Gasteiger partial charge in [-0.25, -0.2) is 4.68 Å². The van der Waals surface area contributed by atoms with Crippen LogP contribution in [0.2, 0.25) is 0 Å². The minimum Gasteiger partial charge on any atom is -0.481 e. The first-order chi connectivity index (χ1) is 8.72. The standard InChI is InChI=1S/C13H18N4O/c1-10-12(13(18-3)17(2)16-10)9-14-8-11-6-4-5-7-15-11/h4-7,14H,8-9H2,1-3H3. The van der Waals surface area contributed by atoms with Crippen molar-refractivity contribution in [3.05, 3.63) is 41.3 Å². The van der Waals surface area contributed by atoms with Crippen LogP contribution in [0.25, 0.3) is 0 Å². The van der Waals surface area contributed by atoms with Gasteiger partial charge in [-0.1, -0.05) is 6.07 Å². The molecule has 5 heteroatoms. The Morgan fingerprint density at radius 3 is 2.83 bits per heavy atom. The molecule has 0 spiro atoms. The number of nitrogens with one attached hydrogen (secondary N) is 1. The summed E-state index contributed by atoms with van der Waals surface area (Å²) in [4.78, 5) is 4.27. The zero-order chi connectivity index (χ0) is 13.0. The third-order valence-corrected chi connectivity index (χ3v) is 2.82. The van der Waals surface area contributed by atoms with Crippen molar-refractivity contribution in [2.45, 2.75) is 20.0 Å².